The van der Waals surface area contributed by atoms with Crippen molar-refractivity contribution in [3.8, 4) is 16.9 Å². The molecule has 0 N–H and O–H groups in total. The van der Waals surface area contributed by atoms with Gasteiger partial charge in [0.1, 0.15) is 16.7 Å². The summed E-state index contributed by atoms with van der Waals surface area (Å²) in [5.41, 5.74) is 2.75. The molecule has 1 heterocycles. The number of hydrogen-bond donors (Lipinski definition) is 0. The first-order valence-corrected chi connectivity index (χ1v) is 11.4. The number of carbonyl (C=O) groups is 1. The van der Waals surface area contributed by atoms with Crippen molar-refractivity contribution in [2.24, 2.45) is 12.0 Å². The summed E-state index contributed by atoms with van der Waals surface area (Å²) < 4.78 is 8.30. The van der Waals surface area contributed by atoms with Crippen molar-refractivity contribution in [1.29, 1.82) is 0 Å². The molecule has 152 valence electrons. The van der Waals surface area contributed by atoms with Crippen molar-refractivity contribution in [1.82, 2.24) is 9.78 Å². The number of hydrogen-bond acceptors (Lipinski definition) is 5. The Kier molecular flexibility index (Phi) is 7.33. The van der Waals surface area contributed by atoms with Crippen LogP contribution < -0.4 is 4.74 Å². The molecular weight excluding hydrogens is 416 g/mol. The summed E-state index contributed by atoms with van der Waals surface area (Å²) in [5.74, 6) is -0.0541. The number of amides is 1. The van der Waals surface area contributed by atoms with Crippen molar-refractivity contribution in [3.05, 3.63) is 77.4 Å². The normalized spacial score (nSPS) is 10.3. The molecule has 0 aliphatic carbocycles. The van der Waals surface area contributed by atoms with Gasteiger partial charge in [0.25, 0.3) is 5.91 Å². The third-order valence-corrected chi connectivity index (χ3v) is 6.13. The molecule has 6 nitrogen and oxygen atoms in total. The summed E-state index contributed by atoms with van der Waals surface area (Å²) in [7, 11) is 1.79. The summed E-state index contributed by atoms with van der Waals surface area (Å²) in [6.07, 6.45) is 7.14. The first-order valence-electron chi connectivity index (χ1n) is 8.98. The van der Waals surface area contributed by atoms with Crippen LogP contribution in [0.15, 0.2) is 59.9 Å². The summed E-state index contributed by atoms with van der Waals surface area (Å²) in [6, 6.07) is 13.0. The van der Waals surface area contributed by atoms with Gasteiger partial charge in [-0.05, 0) is 24.1 Å². The van der Waals surface area contributed by atoms with Gasteiger partial charge in [-0.15, -0.1) is 23.5 Å². The number of aryl methyl sites for hydroxylation is 1. The van der Waals surface area contributed by atoms with Crippen LogP contribution in [0.3, 0.4) is 0 Å². The molecule has 8 heteroatoms. The maximum Gasteiger partial charge on any atom is 0.281 e. The van der Waals surface area contributed by atoms with Gasteiger partial charge >= 0.3 is 0 Å². The first-order chi connectivity index (χ1) is 14.6. The Morgan fingerprint density at radius 3 is 2.53 bits per heavy atom. The van der Waals surface area contributed by atoms with Crippen molar-refractivity contribution in [2.45, 2.75) is 6.61 Å². The van der Waals surface area contributed by atoms with Crippen LogP contribution in [0.1, 0.15) is 15.9 Å². The Morgan fingerprint density at radius 2 is 1.93 bits per heavy atom. The van der Waals surface area contributed by atoms with Crippen LogP contribution in [0, 0.1) is 6.57 Å². The molecule has 0 unspecified atom stereocenters. The van der Waals surface area contributed by atoms with Crippen molar-refractivity contribution >= 4 is 39.5 Å². The van der Waals surface area contributed by atoms with Gasteiger partial charge in [-0.25, -0.2) is 4.85 Å². The minimum Gasteiger partial charge on any atom is -0.488 e. The molecule has 1 aromatic heterocycles. The van der Waals surface area contributed by atoms with Crippen molar-refractivity contribution in [3.63, 3.8) is 0 Å². The molecule has 0 saturated carbocycles. The predicted molar refractivity (Wildman–Crippen MR) is 124 cm³/mol. The number of carbonyl (C=O) groups excluding carboxylic acids is 1. The third kappa shape index (κ3) is 4.93. The third-order valence-electron chi connectivity index (χ3n) is 4.25. The fourth-order valence-electron chi connectivity index (χ4n) is 2.89. The van der Waals surface area contributed by atoms with Crippen LogP contribution in [0.2, 0.25) is 0 Å². The number of thioether (sulfide) groups is 2. The van der Waals surface area contributed by atoms with Gasteiger partial charge in [-0.2, -0.15) is 10.1 Å². The smallest absolute Gasteiger partial charge is 0.281 e. The lowest BCUT2D eigenvalue weighted by Crippen LogP contribution is -2.06. The number of ether oxygens (including phenoxy) is 1. The van der Waals surface area contributed by atoms with Crippen molar-refractivity contribution in [2.75, 3.05) is 12.5 Å². The Hall–Kier alpha value is -3.02. The fourth-order valence-corrected chi connectivity index (χ4v) is 3.90. The highest BCUT2D eigenvalue weighted by Gasteiger charge is 2.23. The highest BCUT2D eigenvalue weighted by Crippen LogP contribution is 2.40. The zero-order valence-electron chi connectivity index (χ0n) is 16.8. The largest absolute Gasteiger partial charge is 0.488 e. The molecule has 0 fully saturated rings. The molecule has 0 spiro atoms. The Morgan fingerprint density at radius 1 is 1.20 bits per heavy atom. The van der Waals surface area contributed by atoms with Crippen LogP contribution in [-0.2, 0) is 13.7 Å². The average molecular weight is 437 g/mol. The topological polar surface area (TPSA) is 60.8 Å². The van der Waals surface area contributed by atoms with Crippen LogP contribution in [-0.4, -0.2) is 32.6 Å². The Labute approximate surface area is 184 Å². The van der Waals surface area contributed by atoms with Gasteiger partial charge in [0.2, 0.25) is 0 Å². The van der Waals surface area contributed by atoms with Crippen molar-refractivity contribution < 1.29 is 9.53 Å². The minimum absolute atomic E-state index is 0.271. The first kappa shape index (κ1) is 21.7. The molecule has 0 radical (unpaired) electrons. The van der Waals surface area contributed by atoms with E-state index in [1.807, 2.05) is 42.8 Å². The zero-order valence-corrected chi connectivity index (χ0v) is 18.5. The van der Waals surface area contributed by atoms with E-state index >= 15 is 0 Å². The van der Waals surface area contributed by atoms with E-state index < -0.39 is 5.91 Å². The number of rotatable bonds is 5. The Bertz CT molecular complexity index is 1110. The van der Waals surface area contributed by atoms with Crippen LogP contribution in [0.5, 0.6) is 5.75 Å². The molecule has 0 aliphatic rings. The summed E-state index contributed by atoms with van der Waals surface area (Å²) in [5, 5.41) is 4.20. The SMILES string of the molecule is [C-]#[N+]c1ccc(OCc2ccccc2)c(C(=O)N=C(SC)SC)c1-c1cnn(C)c1. The molecule has 3 aromatic rings. The molecule has 0 saturated heterocycles. The molecule has 30 heavy (non-hydrogen) atoms. The van der Waals surface area contributed by atoms with E-state index in [1.165, 1.54) is 23.5 Å². The van der Waals surface area contributed by atoms with Gasteiger partial charge < -0.3 is 4.74 Å². The monoisotopic (exact) mass is 436 g/mol. The Balaban J connectivity index is 2.15. The maximum atomic E-state index is 13.2. The second-order valence-electron chi connectivity index (χ2n) is 6.21. The molecule has 1 amide bonds. The van der Waals surface area contributed by atoms with Crippen LogP contribution >= 0.6 is 23.5 Å². The van der Waals surface area contributed by atoms with Gasteiger partial charge in [0, 0.05) is 24.4 Å². The van der Waals surface area contributed by atoms with E-state index in [1.54, 1.807) is 36.3 Å². The van der Waals surface area contributed by atoms with E-state index in [9.17, 15) is 4.79 Å². The van der Waals surface area contributed by atoms with E-state index in [-0.39, 0.29) is 5.56 Å². The second kappa shape index (κ2) is 10.1. The van der Waals surface area contributed by atoms with Gasteiger partial charge in [0.05, 0.1) is 18.3 Å². The van der Waals surface area contributed by atoms with Gasteiger partial charge in [-0.1, -0.05) is 36.4 Å². The highest BCUT2D eigenvalue weighted by atomic mass is 32.2. The predicted octanol–water partition coefficient (Wildman–Crippen LogP) is 5.44. The summed E-state index contributed by atoms with van der Waals surface area (Å²) >= 11 is 2.80. The van der Waals surface area contributed by atoms with Crippen LogP contribution in [0.25, 0.3) is 16.0 Å². The number of nitrogens with zero attached hydrogens (tertiary/aromatic N) is 4. The maximum absolute atomic E-state index is 13.2. The molecule has 0 aliphatic heterocycles. The molecule has 0 bridgehead atoms. The number of benzene rings is 2. The lowest BCUT2D eigenvalue weighted by molar-refractivity contribution is 0.1000. The second-order valence-corrected chi connectivity index (χ2v) is 8.06. The number of aliphatic imine (C=N–C) groups is 1. The standard InChI is InChI=1S/C22H20N4O2S2/c1-23-17-10-11-18(28-14-15-8-6-5-7-9-15)20(21(27)25-22(29-3)30-4)19(17)16-12-24-26(2)13-16/h5-13H,14H2,2-4H3. The average Bonchev–Trinajstić information content (AvgIpc) is 3.21. The lowest BCUT2D eigenvalue weighted by Gasteiger charge is -2.15. The molecule has 0 atom stereocenters. The van der Waals surface area contributed by atoms with E-state index in [0.29, 0.717) is 33.5 Å². The quantitative estimate of drug-likeness (QED) is 0.303. The lowest BCUT2D eigenvalue weighted by atomic mass is 9.98. The van der Waals surface area contributed by atoms with E-state index in [4.69, 9.17) is 11.3 Å². The van der Waals surface area contributed by atoms with E-state index in [2.05, 4.69) is 14.9 Å². The zero-order chi connectivity index (χ0) is 21.5. The molecular formula is C22H20N4O2S2. The highest BCUT2D eigenvalue weighted by molar-refractivity contribution is 8.38. The van der Waals surface area contributed by atoms with Crippen LogP contribution in [0.4, 0.5) is 5.69 Å². The van der Waals surface area contributed by atoms with Gasteiger partial charge in [-0.3, -0.25) is 9.48 Å². The van der Waals surface area contributed by atoms with Gasteiger partial charge in [0.15, 0.2) is 5.69 Å². The summed E-state index contributed by atoms with van der Waals surface area (Å²) in [6.45, 7) is 7.90. The van der Waals surface area contributed by atoms with E-state index in [0.717, 1.165) is 5.56 Å². The molecule has 2 aromatic carbocycles. The summed E-state index contributed by atoms with van der Waals surface area (Å²) in [4.78, 5) is 21.1. The minimum atomic E-state index is -0.443. The molecule has 3 rings (SSSR count). The number of aromatic nitrogens is 2. The fraction of sp³-hybridized carbons (Fsp3) is 0.182.